The number of carbonyl (C=O) groups excluding carboxylic acids is 1. The zero-order valence-corrected chi connectivity index (χ0v) is 5.97. The molecule has 0 fully saturated rings. The average molecular weight is 132 g/mol. The number of nitrogens with zero attached hydrogens (tertiary/aromatic N) is 1. The first kappa shape index (κ1) is 10.8. The molecule has 0 atom stereocenters. The van der Waals surface area contributed by atoms with E-state index >= 15 is 0 Å². The standard InChI is InChI=1S/C3H7NO.C2H5NO/c1-3(5)4-2;1-3-4-2/h1-2H3,(H,4,5);1H2,2H3. The number of nitrogens with one attached hydrogen (secondary N) is 1. The van der Waals surface area contributed by atoms with Gasteiger partial charge in [0.2, 0.25) is 5.91 Å². The molecule has 4 heteroatoms. The highest BCUT2D eigenvalue weighted by Gasteiger charge is 1.72. The number of carbonyl (C=O) groups is 1. The number of hydrogen-bond donors (Lipinski definition) is 1. The summed E-state index contributed by atoms with van der Waals surface area (Å²) in [5, 5.41) is 5.38. The van der Waals surface area contributed by atoms with Gasteiger partial charge in [0.25, 0.3) is 0 Å². The van der Waals surface area contributed by atoms with Crippen LogP contribution in [0.4, 0.5) is 0 Å². The first-order chi connectivity index (χ1) is 4.18. The van der Waals surface area contributed by atoms with Crippen LogP contribution in [0.1, 0.15) is 6.92 Å². The van der Waals surface area contributed by atoms with Crippen LogP contribution in [0.5, 0.6) is 0 Å². The molecule has 1 N–H and O–H groups in total. The van der Waals surface area contributed by atoms with Gasteiger partial charge in [-0.2, -0.15) is 0 Å². The molecule has 0 aliphatic carbocycles. The Labute approximate surface area is 54.9 Å². The number of hydrogen-bond acceptors (Lipinski definition) is 3. The summed E-state index contributed by atoms with van der Waals surface area (Å²) in [4.78, 5) is 13.8. The van der Waals surface area contributed by atoms with Crippen LogP contribution >= 0.6 is 0 Å². The Morgan fingerprint density at radius 3 is 2.00 bits per heavy atom. The maximum atomic E-state index is 9.70. The Bertz CT molecular complexity index is 83.0. The van der Waals surface area contributed by atoms with E-state index in [2.05, 4.69) is 22.0 Å². The van der Waals surface area contributed by atoms with E-state index in [9.17, 15) is 4.79 Å². The largest absolute Gasteiger partial charge is 0.400 e. The summed E-state index contributed by atoms with van der Waals surface area (Å²) in [6.07, 6.45) is 0. The lowest BCUT2D eigenvalue weighted by molar-refractivity contribution is -0.118. The maximum Gasteiger partial charge on any atom is 0.216 e. The molecule has 1 amide bonds. The van der Waals surface area contributed by atoms with Gasteiger partial charge in [0, 0.05) is 20.7 Å². The Hall–Kier alpha value is -1.06. The summed E-state index contributed by atoms with van der Waals surface area (Å²) in [7, 11) is 3.05. The Morgan fingerprint density at radius 1 is 1.78 bits per heavy atom. The minimum absolute atomic E-state index is 0.00463. The third-order valence-electron chi connectivity index (χ3n) is 0.481. The summed E-state index contributed by atoms with van der Waals surface area (Å²) in [6, 6.07) is 0. The Balaban J connectivity index is 0. The molecule has 0 aliphatic heterocycles. The molecule has 0 rings (SSSR count). The fourth-order valence-electron chi connectivity index (χ4n) is 0. The van der Waals surface area contributed by atoms with Gasteiger partial charge in [0.15, 0.2) is 0 Å². The molecule has 0 bridgehead atoms. The fourth-order valence-corrected chi connectivity index (χ4v) is 0. The van der Waals surface area contributed by atoms with Gasteiger partial charge in [0.1, 0.15) is 7.11 Å². The normalized spacial score (nSPS) is 6.11. The van der Waals surface area contributed by atoms with Crippen molar-refractivity contribution in [3.8, 4) is 0 Å². The Kier molecular flexibility index (Phi) is 12.1. The molecule has 54 valence electrons. The lowest BCUT2D eigenvalue weighted by Crippen LogP contribution is -2.11. The van der Waals surface area contributed by atoms with Gasteiger partial charge in [-0.05, 0) is 0 Å². The maximum absolute atomic E-state index is 9.70. The van der Waals surface area contributed by atoms with Crippen LogP contribution in [0, 0.1) is 0 Å². The van der Waals surface area contributed by atoms with Crippen LogP contribution in [0.25, 0.3) is 0 Å². The van der Waals surface area contributed by atoms with E-state index in [0.29, 0.717) is 0 Å². The van der Waals surface area contributed by atoms with Crippen LogP contribution in [0.2, 0.25) is 0 Å². The molecule has 0 aliphatic rings. The summed E-state index contributed by atoms with van der Waals surface area (Å²) in [5.74, 6) is 0.00463. The van der Waals surface area contributed by atoms with E-state index in [-0.39, 0.29) is 5.91 Å². The van der Waals surface area contributed by atoms with Crippen molar-refractivity contribution in [2.75, 3.05) is 14.2 Å². The first-order valence-electron chi connectivity index (χ1n) is 2.36. The van der Waals surface area contributed by atoms with Crippen LogP contribution in [0.3, 0.4) is 0 Å². The smallest absolute Gasteiger partial charge is 0.216 e. The van der Waals surface area contributed by atoms with Crippen LogP contribution in [0.15, 0.2) is 5.16 Å². The molecular formula is C5H12N2O2. The Morgan fingerprint density at radius 2 is 2.00 bits per heavy atom. The van der Waals surface area contributed by atoms with Gasteiger partial charge in [0.05, 0.1) is 0 Å². The molecule has 0 aromatic rings. The molecule has 0 aromatic heterocycles. The van der Waals surface area contributed by atoms with Gasteiger partial charge in [-0.25, -0.2) is 0 Å². The van der Waals surface area contributed by atoms with Crippen molar-refractivity contribution in [3.63, 3.8) is 0 Å². The summed E-state index contributed by atoms with van der Waals surface area (Å²) in [5.41, 5.74) is 0. The van der Waals surface area contributed by atoms with Gasteiger partial charge >= 0.3 is 0 Å². The van der Waals surface area contributed by atoms with E-state index in [0.717, 1.165) is 0 Å². The lowest BCUT2D eigenvalue weighted by atomic mass is 10.7. The topological polar surface area (TPSA) is 50.7 Å². The zero-order valence-electron chi connectivity index (χ0n) is 5.97. The minimum atomic E-state index is 0.00463. The number of oxime groups is 1. The second-order valence-electron chi connectivity index (χ2n) is 1.12. The van der Waals surface area contributed by atoms with Crippen molar-refractivity contribution in [1.29, 1.82) is 0 Å². The van der Waals surface area contributed by atoms with Crippen molar-refractivity contribution in [2.45, 2.75) is 6.92 Å². The number of rotatable bonds is 1. The van der Waals surface area contributed by atoms with Crippen LogP contribution < -0.4 is 5.32 Å². The molecule has 0 heterocycles. The molecule has 0 saturated carbocycles. The van der Waals surface area contributed by atoms with Crippen molar-refractivity contribution < 1.29 is 9.63 Å². The van der Waals surface area contributed by atoms with Crippen molar-refractivity contribution in [1.82, 2.24) is 5.32 Å². The predicted molar refractivity (Wildman–Crippen MR) is 36.3 cm³/mol. The second-order valence-corrected chi connectivity index (χ2v) is 1.12. The van der Waals surface area contributed by atoms with Crippen molar-refractivity contribution >= 4 is 12.6 Å². The van der Waals surface area contributed by atoms with Gasteiger partial charge in [-0.1, -0.05) is 0 Å². The second kappa shape index (κ2) is 10.0. The summed E-state index contributed by atoms with van der Waals surface area (Å²) < 4.78 is 0. The molecule has 9 heavy (non-hydrogen) atoms. The van der Waals surface area contributed by atoms with Gasteiger partial charge in [-0.3, -0.25) is 4.79 Å². The van der Waals surface area contributed by atoms with Crippen molar-refractivity contribution in [3.05, 3.63) is 0 Å². The highest BCUT2D eigenvalue weighted by molar-refractivity contribution is 5.72. The van der Waals surface area contributed by atoms with E-state index in [1.807, 2.05) is 0 Å². The highest BCUT2D eigenvalue weighted by Crippen LogP contribution is 1.49. The quantitative estimate of drug-likeness (QED) is 0.403. The zero-order chi connectivity index (χ0) is 7.70. The monoisotopic (exact) mass is 132 g/mol. The molecule has 0 aromatic carbocycles. The van der Waals surface area contributed by atoms with Gasteiger partial charge < -0.3 is 10.2 Å². The van der Waals surface area contributed by atoms with E-state index in [1.54, 1.807) is 7.05 Å². The lowest BCUT2D eigenvalue weighted by Gasteiger charge is -1.80. The van der Waals surface area contributed by atoms with Crippen molar-refractivity contribution in [2.24, 2.45) is 5.16 Å². The highest BCUT2D eigenvalue weighted by atomic mass is 16.6. The molecular weight excluding hydrogens is 120 g/mol. The summed E-state index contributed by atoms with van der Waals surface area (Å²) >= 11 is 0. The fraction of sp³-hybridized carbons (Fsp3) is 0.600. The molecule has 0 radical (unpaired) electrons. The summed E-state index contributed by atoms with van der Waals surface area (Å²) in [6.45, 7) is 4.48. The van der Waals surface area contributed by atoms with Crippen LogP contribution in [-0.4, -0.2) is 26.8 Å². The third kappa shape index (κ3) is 45.0. The van der Waals surface area contributed by atoms with Gasteiger partial charge in [-0.15, -0.1) is 5.16 Å². The molecule has 0 saturated heterocycles. The first-order valence-corrected chi connectivity index (χ1v) is 2.36. The molecule has 4 nitrogen and oxygen atoms in total. The van der Waals surface area contributed by atoms with E-state index in [1.165, 1.54) is 14.0 Å². The predicted octanol–water partition coefficient (Wildman–Crippen LogP) is 0.000700. The minimum Gasteiger partial charge on any atom is -0.400 e. The van der Waals surface area contributed by atoms with E-state index in [4.69, 9.17) is 0 Å². The third-order valence-corrected chi connectivity index (χ3v) is 0.481. The van der Waals surface area contributed by atoms with E-state index < -0.39 is 0 Å². The molecule has 0 spiro atoms. The van der Waals surface area contributed by atoms with Crippen LogP contribution in [-0.2, 0) is 9.63 Å². The number of amides is 1. The molecule has 0 unspecified atom stereocenters. The SMILES string of the molecule is C=NOC.CNC(C)=O. The average Bonchev–Trinajstić information content (AvgIpc) is 1.89.